The number of carbonyl (C=O) groups excluding carboxylic acids is 1. The molecule has 0 aliphatic heterocycles. The summed E-state index contributed by atoms with van der Waals surface area (Å²) in [5.41, 5.74) is 1.57. The summed E-state index contributed by atoms with van der Waals surface area (Å²) in [6.45, 7) is 6.70. The number of amides is 1. The molecular formula is C34H39F5N2O4. The van der Waals surface area contributed by atoms with Crippen molar-refractivity contribution in [2.45, 2.75) is 64.2 Å². The van der Waals surface area contributed by atoms with Crippen molar-refractivity contribution >= 4 is 11.6 Å². The molecule has 3 atom stereocenters. The quantitative estimate of drug-likeness (QED) is 0.231. The summed E-state index contributed by atoms with van der Waals surface area (Å²) >= 11 is 0. The monoisotopic (exact) mass is 634 g/mol. The first-order chi connectivity index (χ1) is 21.2. The lowest BCUT2D eigenvalue weighted by Gasteiger charge is -2.25. The fourth-order valence-electron chi connectivity index (χ4n) is 5.96. The van der Waals surface area contributed by atoms with Gasteiger partial charge in [-0.2, -0.15) is 13.2 Å². The van der Waals surface area contributed by atoms with Crippen LogP contribution in [0.3, 0.4) is 0 Å². The lowest BCUT2D eigenvalue weighted by molar-refractivity contribution is -0.137. The maximum Gasteiger partial charge on any atom is 0.416 e. The molecule has 2 aromatic rings. The van der Waals surface area contributed by atoms with E-state index in [9.17, 15) is 26.7 Å². The van der Waals surface area contributed by atoms with Crippen LogP contribution in [0.25, 0.3) is 0 Å². The molecule has 0 heterocycles. The molecule has 244 valence electrons. The van der Waals surface area contributed by atoms with Gasteiger partial charge in [0, 0.05) is 42.8 Å². The molecule has 1 amide bonds. The van der Waals surface area contributed by atoms with Crippen molar-refractivity contribution in [3.8, 4) is 17.2 Å². The highest BCUT2D eigenvalue weighted by Crippen LogP contribution is 2.48. The van der Waals surface area contributed by atoms with Crippen molar-refractivity contribution in [1.29, 1.82) is 0 Å². The second-order valence-electron chi connectivity index (χ2n) is 11.4. The van der Waals surface area contributed by atoms with Crippen molar-refractivity contribution in [3.05, 3.63) is 82.5 Å². The average molecular weight is 635 g/mol. The van der Waals surface area contributed by atoms with Gasteiger partial charge in [0.25, 0.3) is 5.92 Å². The van der Waals surface area contributed by atoms with Gasteiger partial charge in [-0.15, -0.1) is 0 Å². The summed E-state index contributed by atoms with van der Waals surface area (Å²) in [7, 11) is 4.61. The predicted octanol–water partition coefficient (Wildman–Crippen LogP) is 8.19. The minimum atomic E-state index is -4.81. The van der Waals surface area contributed by atoms with Gasteiger partial charge in [0.2, 0.25) is 11.7 Å². The van der Waals surface area contributed by atoms with Crippen LogP contribution in [0.15, 0.2) is 65.8 Å². The highest BCUT2D eigenvalue weighted by Gasteiger charge is 2.40. The summed E-state index contributed by atoms with van der Waals surface area (Å²) in [5, 5.41) is 6.24. The lowest BCUT2D eigenvalue weighted by Crippen LogP contribution is -2.31. The number of ether oxygens (including phenoxy) is 3. The molecule has 2 N–H and O–H groups in total. The zero-order valence-electron chi connectivity index (χ0n) is 26.0. The summed E-state index contributed by atoms with van der Waals surface area (Å²) in [5.74, 6) is -3.00. The van der Waals surface area contributed by atoms with E-state index >= 15 is 0 Å². The molecule has 1 saturated carbocycles. The zero-order valence-corrected chi connectivity index (χ0v) is 26.0. The highest BCUT2D eigenvalue weighted by atomic mass is 19.4. The van der Waals surface area contributed by atoms with E-state index in [1.807, 2.05) is 24.3 Å². The van der Waals surface area contributed by atoms with Crippen molar-refractivity contribution in [2.24, 2.45) is 11.8 Å². The first-order valence-electron chi connectivity index (χ1n) is 14.8. The first kappa shape index (κ1) is 33.9. The summed E-state index contributed by atoms with van der Waals surface area (Å²) in [6, 6.07) is 5.68. The number of alkyl halides is 5. The van der Waals surface area contributed by atoms with Crippen LogP contribution in [0.4, 0.5) is 27.6 Å². The van der Waals surface area contributed by atoms with Gasteiger partial charge in [0.15, 0.2) is 11.5 Å². The Morgan fingerprint density at radius 3 is 2.18 bits per heavy atom. The topological polar surface area (TPSA) is 68.8 Å². The molecule has 2 aliphatic rings. The number of rotatable bonds is 12. The number of benzene rings is 2. The van der Waals surface area contributed by atoms with Crippen LogP contribution >= 0.6 is 0 Å². The fourth-order valence-corrected chi connectivity index (χ4v) is 5.96. The molecule has 1 fully saturated rings. The van der Waals surface area contributed by atoms with Crippen LogP contribution in [0.1, 0.15) is 56.2 Å². The van der Waals surface area contributed by atoms with Crippen molar-refractivity contribution in [3.63, 3.8) is 0 Å². The van der Waals surface area contributed by atoms with Gasteiger partial charge in [0.1, 0.15) is 0 Å². The predicted molar refractivity (Wildman–Crippen MR) is 163 cm³/mol. The number of hydrogen-bond acceptors (Lipinski definition) is 5. The Hall–Kier alpha value is -4.02. The van der Waals surface area contributed by atoms with Crippen molar-refractivity contribution in [2.75, 3.05) is 26.6 Å². The Morgan fingerprint density at radius 1 is 0.978 bits per heavy atom. The van der Waals surface area contributed by atoms with E-state index in [2.05, 4.69) is 24.1 Å². The van der Waals surface area contributed by atoms with E-state index in [0.717, 1.165) is 53.8 Å². The van der Waals surface area contributed by atoms with E-state index in [4.69, 9.17) is 14.2 Å². The van der Waals surface area contributed by atoms with Gasteiger partial charge in [-0.25, -0.2) is 8.78 Å². The molecule has 2 aliphatic carbocycles. The molecular weight excluding hydrogens is 595 g/mol. The Bertz CT molecular complexity index is 1440. The number of anilines is 1. The highest BCUT2D eigenvalue weighted by molar-refractivity contribution is 5.82. The SMILES string of the molecule is C=C1C2=CCC(C(=O)NCc3cc(C(C)(F)F)cc(C(F)(F)F)c3)C=C2C(CCCC)C1Nc1cc(OC)c(OC)c(OC)c1. The zero-order chi connectivity index (χ0) is 33.1. The molecule has 6 nitrogen and oxygen atoms in total. The maximum atomic E-state index is 14.0. The number of hydrogen-bond donors (Lipinski definition) is 2. The Morgan fingerprint density at radius 2 is 1.62 bits per heavy atom. The summed E-state index contributed by atoms with van der Waals surface area (Å²) in [6.07, 6.45) is 2.16. The Balaban J connectivity index is 1.57. The molecule has 0 aromatic heterocycles. The van der Waals surface area contributed by atoms with Gasteiger partial charge in [-0.1, -0.05) is 38.5 Å². The number of fused-ring (bicyclic) bond motifs is 1. The summed E-state index contributed by atoms with van der Waals surface area (Å²) in [4.78, 5) is 13.3. The molecule has 0 radical (unpaired) electrons. The van der Waals surface area contributed by atoms with E-state index < -0.39 is 35.1 Å². The first-order valence-corrected chi connectivity index (χ1v) is 14.8. The standard InChI is InChI=1S/C34H39F5N2O4/c1-7-8-9-26-27-14-21(32(42)40-18-20-12-22(33(3,35)36)15-23(13-20)34(37,38)39)10-11-25(27)19(2)30(26)41-24-16-28(43-4)31(45-6)29(17-24)44-5/h11-17,21,26,30,41H,2,7-10,18H2,1,3-6H3,(H,40,42). The number of carbonyl (C=O) groups is 1. The molecule has 0 saturated heterocycles. The Kier molecular flexibility index (Phi) is 10.2. The molecule has 2 aromatic carbocycles. The summed E-state index contributed by atoms with van der Waals surface area (Å²) < 4.78 is 84.6. The van der Waals surface area contributed by atoms with Crippen LogP contribution in [-0.4, -0.2) is 33.3 Å². The maximum absolute atomic E-state index is 14.0. The Labute approximate surface area is 260 Å². The molecule has 4 rings (SSSR count). The number of halogens is 5. The van der Waals surface area contributed by atoms with Crippen molar-refractivity contribution < 1.29 is 41.0 Å². The van der Waals surface area contributed by atoms with Gasteiger partial charge in [-0.3, -0.25) is 4.79 Å². The second kappa shape index (κ2) is 13.5. The second-order valence-corrected chi connectivity index (χ2v) is 11.4. The number of allylic oxidation sites excluding steroid dienone is 1. The number of nitrogens with one attached hydrogen (secondary N) is 2. The van der Waals surface area contributed by atoms with Crippen LogP contribution < -0.4 is 24.8 Å². The van der Waals surface area contributed by atoms with Crippen LogP contribution in [0.2, 0.25) is 0 Å². The van der Waals surface area contributed by atoms with Gasteiger partial charge >= 0.3 is 6.18 Å². The third-order valence-electron chi connectivity index (χ3n) is 8.28. The largest absolute Gasteiger partial charge is 0.493 e. The fraction of sp³-hybridized carbons (Fsp3) is 0.441. The normalized spacial score (nSPS) is 19.8. The van der Waals surface area contributed by atoms with E-state index in [1.165, 1.54) is 7.11 Å². The van der Waals surface area contributed by atoms with Gasteiger partial charge < -0.3 is 24.8 Å². The minimum absolute atomic E-state index is 0.00352. The average Bonchev–Trinajstić information content (AvgIpc) is 3.26. The minimum Gasteiger partial charge on any atom is -0.493 e. The van der Waals surface area contributed by atoms with Crippen molar-refractivity contribution in [1.82, 2.24) is 5.32 Å². The molecule has 3 unspecified atom stereocenters. The van der Waals surface area contributed by atoms with E-state index in [1.54, 1.807) is 14.2 Å². The van der Waals surface area contributed by atoms with Gasteiger partial charge in [-0.05, 0) is 53.3 Å². The molecule has 45 heavy (non-hydrogen) atoms. The van der Waals surface area contributed by atoms with Crippen LogP contribution in [-0.2, 0) is 23.4 Å². The van der Waals surface area contributed by atoms with Gasteiger partial charge in [0.05, 0.1) is 38.9 Å². The van der Waals surface area contributed by atoms with E-state index in [-0.39, 0.29) is 24.1 Å². The third-order valence-corrected chi connectivity index (χ3v) is 8.28. The van der Waals surface area contributed by atoms with Crippen LogP contribution in [0.5, 0.6) is 17.2 Å². The smallest absolute Gasteiger partial charge is 0.416 e. The molecule has 11 heteroatoms. The number of unbranched alkanes of at least 4 members (excludes halogenated alkanes) is 1. The van der Waals surface area contributed by atoms with E-state index in [0.29, 0.717) is 36.7 Å². The third kappa shape index (κ3) is 7.45. The molecule has 0 bridgehead atoms. The lowest BCUT2D eigenvalue weighted by atomic mass is 9.85. The molecule has 0 spiro atoms. The number of methoxy groups -OCH3 is 3. The van der Waals surface area contributed by atoms with Crippen LogP contribution in [0, 0.1) is 11.8 Å².